The van der Waals surface area contributed by atoms with E-state index in [0.717, 1.165) is 35.3 Å². The second-order valence-electron chi connectivity index (χ2n) is 6.06. The Morgan fingerprint density at radius 3 is 2.92 bits per heavy atom. The molecule has 0 saturated carbocycles. The summed E-state index contributed by atoms with van der Waals surface area (Å²) in [7, 11) is 1.88. The Balaban J connectivity index is 1.79. The minimum atomic E-state index is -0.308. The van der Waals surface area contributed by atoms with E-state index < -0.39 is 0 Å². The maximum absolute atomic E-state index is 12.6. The molecule has 0 fully saturated rings. The van der Waals surface area contributed by atoms with Crippen LogP contribution in [0.3, 0.4) is 0 Å². The van der Waals surface area contributed by atoms with Gasteiger partial charge in [0.05, 0.1) is 11.2 Å². The predicted octanol–water partition coefficient (Wildman–Crippen LogP) is 2.54. The van der Waals surface area contributed by atoms with Crippen LogP contribution in [0.2, 0.25) is 0 Å². The third-order valence-electron chi connectivity index (χ3n) is 4.13. The highest BCUT2D eigenvalue weighted by Gasteiger charge is 2.16. The average molecular weight is 348 g/mol. The van der Waals surface area contributed by atoms with Gasteiger partial charge in [-0.25, -0.2) is 0 Å². The van der Waals surface area contributed by atoms with Crippen molar-refractivity contribution >= 4 is 22.6 Å². The number of rotatable bonds is 6. The number of hydrogen-bond acceptors (Lipinski definition) is 5. The Labute approximate surface area is 151 Å². The number of hydrogen-bond donors (Lipinski definition) is 3. The van der Waals surface area contributed by atoms with Crippen LogP contribution in [0.4, 0.5) is 5.82 Å². The van der Waals surface area contributed by atoms with E-state index in [1.54, 1.807) is 12.1 Å². The van der Waals surface area contributed by atoms with Crippen LogP contribution in [-0.4, -0.2) is 34.7 Å². The van der Waals surface area contributed by atoms with Crippen molar-refractivity contribution in [2.24, 2.45) is 0 Å². The van der Waals surface area contributed by atoms with Crippen LogP contribution in [0.25, 0.3) is 10.9 Å². The number of H-pyrrole nitrogens is 1. The number of nitriles is 1. The molecule has 26 heavy (non-hydrogen) atoms. The number of aromatic nitrogens is 3. The number of aryl methyl sites for hydroxylation is 2. The summed E-state index contributed by atoms with van der Waals surface area (Å²) < 4.78 is 0. The van der Waals surface area contributed by atoms with Gasteiger partial charge in [0.25, 0.3) is 5.91 Å². The van der Waals surface area contributed by atoms with Gasteiger partial charge in [-0.2, -0.15) is 10.4 Å². The highest BCUT2D eigenvalue weighted by molar-refractivity contribution is 6.06. The molecular weight excluding hydrogens is 328 g/mol. The van der Waals surface area contributed by atoms with Crippen molar-refractivity contribution in [2.75, 3.05) is 18.9 Å². The Bertz CT molecular complexity index is 985. The van der Waals surface area contributed by atoms with Crippen LogP contribution in [-0.2, 0) is 6.42 Å². The van der Waals surface area contributed by atoms with Crippen LogP contribution < -0.4 is 10.6 Å². The Hall–Kier alpha value is -3.24. The first kappa shape index (κ1) is 17.6. The molecule has 3 rings (SSSR count). The van der Waals surface area contributed by atoms with Gasteiger partial charge in [-0.3, -0.25) is 14.9 Å². The summed E-state index contributed by atoms with van der Waals surface area (Å²) in [5, 5.41) is 23.0. The number of pyridine rings is 1. The van der Waals surface area contributed by atoms with Crippen molar-refractivity contribution in [1.82, 2.24) is 20.5 Å². The lowest BCUT2D eigenvalue weighted by atomic mass is 10.1. The maximum Gasteiger partial charge on any atom is 0.256 e. The summed E-state index contributed by atoms with van der Waals surface area (Å²) in [5.74, 6) is -0.0451. The van der Waals surface area contributed by atoms with E-state index in [1.165, 1.54) is 0 Å². The van der Waals surface area contributed by atoms with E-state index in [1.807, 2.05) is 32.2 Å². The lowest BCUT2D eigenvalue weighted by Crippen LogP contribution is -2.13. The van der Waals surface area contributed by atoms with Crippen molar-refractivity contribution < 1.29 is 4.79 Å². The molecule has 3 N–H and O–H groups in total. The number of fused-ring (bicyclic) bond motifs is 1. The van der Waals surface area contributed by atoms with E-state index in [9.17, 15) is 10.1 Å². The molecule has 7 nitrogen and oxygen atoms in total. The lowest BCUT2D eigenvalue weighted by molar-refractivity contribution is 0.102. The van der Waals surface area contributed by atoms with Gasteiger partial charge >= 0.3 is 0 Å². The molecule has 1 amide bonds. The first-order valence-electron chi connectivity index (χ1n) is 8.43. The summed E-state index contributed by atoms with van der Waals surface area (Å²) >= 11 is 0. The molecule has 0 atom stereocenters. The molecule has 0 unspecified atom stereocenters. The Morgan fingerprint density at radius 2 is 2.15 bits per heavy atom. The second-order valence-corrected chi connectivity index (χ2v) is 6.06. The number of anilines is 1. The highest BCUT2D eigenvalue weighted by atomic mass is 16.1. The van der Waals surface area contributed by atoms with Gasteiger partial charge in [-0.15, -0.1) is 0 Å². The first-order valence-corrected chi connectivity index (χ1v) is 8.43. The average Bonchev–Trinajstić information content (AvgIpc) is 3.03. The molecule has 0 spiro atoms. The fourth-order valence-electron chi connectivity index (χ4n) is 2.76. The Morgan fingerprint density at radius 1 is 1.31 bits per heavy atom. The zero-order chi connectivity index (χ0) is 18.5. The summed E-state index contributed by atoms with van der Waals surface area (Å²) in [6.07, 6.45) is 1.56. The van der Waals surface area contributed by atoms with Gasteiger partial charge in [-0.05, 0) is 57.6 Å². The minimum absolute atomic E-state index is 0.263. The topological polar surface area (TPSA) is 106 Å². The van der Waals surface area contributed by atoms with Crippen molar-refractivity contribution in [3.8, 4) is 6.07 Å². The molecule has 0 aliphatic heterocycles. The van der Waals surface area contributed by atoms with E-state index in [4.69, 9.17) is 0 Å². The lowest BCUT2D eigenvalue weighted by Gasteiger charge is -2.05. The first-order chi connectivity index (χ1) is 12.6. The van der Waals surface area contributed by atoms with Gasteiger partial charge in [0.1, 0.15) is 11.6 Å². The van der Waals surface area contributed by atoms with Crippen LogP contribution in [0.1, 0.15) is 33.7 Å². The predicted molar refractivity (Wildman–Crippen MR) is 100.0 cm³/mol. The fourth-order valence-corrected chi connectivity index (χ4v) is 2.76. The van der Waals surface area contributed by atoms with Crippen LogP contribution >= 0.6 is 0 Å². The summed E-state index contributed by atoms with van der Waals surface area (Å²) in [6.45, 7) is 2.77. The van der Waals surface area contributed by atoms with Crippen molar-refractivity contribution in [3.05, 3.63) is 52.8 Å². The number of carbonyl (C=O) groups is 1. The minimum Gasteiger partial charge on any atom is -0.320 e. The van der Waals surface area contributed by atoms with Crippen LogP contribution in [0.5, 0.6) is 0 Å². The number of benzene rings is 1. The molecule has 0 aliphatic rings. The van der Waals surface area contributed by atoms with Gasteiger partial charge in [-0.1, -0.05) is 6.07 Å². The SMILES string of the molecule is CNCCCc1[nH]nc(NC(=O)c2ccc3nc(C)ccc3c2)c1C#N. The summed E-state index contributed by atoms with van der Waals surface area (Å²) in [4.78, 5) is 17.0. The number of nitrogens with zero attached hydrogens (tertiary/aromatic N) is 3. The maximum atomic E-state index is 12.6. The normalized spacial score (nSPS) is 10.7. The van der Waals surface area contributed by atoms with Crippen molar-refractivity contribution in [2.45, 2.75) is 19.8 Å². The van der Waals surface area contributed by atoms with Crippen molar-refractivity contribution in [3.63, 3.8) is 0 Å². The van der Waals surface area contributed by atoms with E-state index in [-0.39, 0.29) is 11.7 Å². The van der Waals surface area contributed by atoms with Crippen LogP contribution in [0.15, 0.2) is 30.3 Å². The molecule has 3 aromatic rings. The van der Waals surface area contributed by atoms with Crippen LogP contribution in [0, 0.1) is 18.3 Å². The molecule has 0 saturated heterocycles. The van der Waals surface area contributed by atoms with Gasteiger partial charge in [0.2, 0.25) is 0 Å². The standard InChI is InChI=1S/C19H20N6O/c1-12-5-6-13-10-14(7-8-16(13)22-12)19(26)23-18-15(11-20)17(24-25-18)4-3-9-21-2/h5-8,10,21H,3-4,9H2,1-2H3,(H2,23,24,25,26). The number of carbonyl (C=O) groups excluding carboxylic acids is 1. The smallest absolute Gasteiger partial charge is 0.256 e. The molecule has 7 heteroatoms. The molecule has 2 heterocycles. The largest absolute Gasteiger partial charge is 0.320 e. The number of amides is 1. The third kappa shape index (κ3) is 3.71. The van der Waals surface area contributed by atoms with E-state index in [0.29, 0.717) is 17.5 Å². The molecule has 0 bridgehead atoms. The quantitative estimate of drug-likeness (QED) is 0.594. The third-order valence-corrected chi connectivity index (χ3v) is 4.13. The Kier molecular flexibility index (Phi) is 5.25. The molecule has 1 aromatic carbocycles. The van der Waals surface area contributed by atoms with Gasteiger partial charge < -0.3 is 10.6 Å². The van der Waals surface area contributed by atoms with Crippen molar-refractivity contribution in [1.29, 1.82) is 5.26 Å². The van der Waals surface area contributed by atoms with Gasteiger partial charge in [0.15, 0.2) is 5.82 Å². The zero-order valence-electron chi connectivity index (χ0n) is 14.8. The molecule has 0 aliphatic carbocycles. The monoisotopic (exact) mass is 348 g/mol. The van der Waals surface area contributed by atoms with Gasteiger partial charge in [0, 0.05) is 16.6 Å². The molecular formula is C19H20N6O. The number of nitrogens with one attached hydrogen (secondary N) is 3. The molecule has 2 aromatic heterocycles. The number of aromatic amines is 1. The van der Waals surface area contributed by atoms with E-state index >= 15 is 0 Å². The summed E-state index contributed by atoms with van der Waals surface area (Å²) in [5.41, 5.74) is 3.37. The second kappa shape index (κ2) is 7.76. The highest BCUT2D eigenvalue weighted by Crippen LogP contribution is 2.19. The molecule has 0 radical (unpaired) electrons. The fraction of sp³-hybridized carbons (Fsp3) is 0.263. The zero-order valence-corrected chi connectivity index (χ0v) is 14.8. The molecule has 132 valence electrons. The van der Waals surface area contributed by atoms with E-state index in [2.05, 4.69) is 31.9 Å². The summed E-state index contributed by atoms with van der Waals surface area (Å²) in [6, 6.07) is 11.3.